The highest BCUT2D eigenvalue weighted by Gasteiger charge is 2.34. The number of benzene rings is 2. The van der Waals surface area contributed by atoms with Crippen LogP contribution in [0.1, 0.15) is 29.6 Å². The Morgan fingerprint density at radius 2 is 1.71 bits per heavy atom. The molecule has 0 spiro atoms. The minimum atomic E-state index is -0.0986. The minimum Gasteiger partial charge on any atom is -0.496 e. The third-order valence-electron chi connectivity index (χ3n) is 6.17. The van der Waals surface area contributed by atoms with E-state index in [-0.39, 0.29) is 23.8 Å². The predicted octanol–water partition coefficient (Wildman–Crippen LogP) is 3.91. The first kappa shape index (κ1) is 21.5. The molecule has 2 amide bonds. The zero-order chi connectivity index (χ0) is 21.8. The van der Waals surface area contributed by atoms with Gasteiger partial charge in [0.25, 0.3) is 5.91 Å². The van der Waals surface area contributed by atoms with Crippen LogP contribution < -0.4 is 10.1 Å². The summed E-state index contributed by atoms with van der Waals surface area (Å²) in [7, 11) is 1.54. The number of hydrogen-bond acceptors (Lipinski definition) is 4. The lowest BCUT2D eigenvalue weighted by Gasteiger charge is -2.33. The number of rotatable bonds is 5. The summed E-state index contributed by atoms with van der Waals surface area (Å²) in [5, 5.41) is 4.02. The van der Waals surface area contributed by atoms with Gasteiger partial charge in [0.15, 0.2) is 0 Å². The van der Waals surface area contributed by atoms with E-state index in [4.69, 9.17) is 16.3 Å². The zero-order valence-corrected chi connectivity index (χ0v) is 18.5. The van der Waals surface area contributed by atoms with Crippen LogP contribution in [0.5, 0.6) is 5.75 Å². The Kier molecular flexibility index (Phi) is 6.66. The van der Waals surface area contributed by atoms with Gasteiger partial charge in [0.1, 0.15) is 5.75 Å². The van der Waals surface area contributed by atoms with Crippen LogP contribution in [-0.4, -0.2) is 60.9 Å². The molecule has 7 heteroatoms. The highest BCUT2D eigenvalue weighted by molar-refractivity contribution is 6.31. The molecule has 0 aromatic heterocycles. The van der Waals surface area contributed by atoms with E-state index >= 15 is 0 Å². The van der Waals surface area contributed by atoms with Crippen molar-refractivity contribution in [2.24, 2.45) is 5.92 Å². The van der Waals surface area contributed by atoms with E-state index in [0.717, 1.165) is 25.2 Å². The van der Waals surface area contributed by atoms with Crippen molar-refractivity contribution < 1.29 is 14.3 Å². The number of likely N-dealkylation sites (tertiary alicyclic amines) is 2. The van der Waals surface area contributed by atoms with Crippen molar-refractivity contribution in [3.8, 4) is 5.75 Å². The van der Waals surface area contributed by atoms with Gasteiger partial charge in [0, 0.05) is 48.8 Å². The Morgan fingerprint density at radius 3 is 2.42 bits per heavy atom. The van der Waals surface area contributed by atoms with E-state index in [1.165, 1.54) is 0 Å². The van der Waals surface area contributed by atoms with Gasteiger partial charge in [-0.15, -0.1) is 0 Å². The van der Waals surface area contributed by atoms with Gasteiger partial charge in [-0.3, -0.25) is 9.59 Å². The van der Waals surface area contributed by atoms with Gasteiger partial charge < -0.3 is 19.9 Å². The third-order valence-corrected chi connectivity index (χ3v) is 6.40. The molecule has 2 aromatic carbocycles. The maximum atomic E-state index is 13.0. The fourth-order valence-corrected chi connectivity index (χ4v) is 4.63. The van der Waals surface area contributed by atoms with Gasteiger partial charge >= 0.3 is 0 Å². The first-order valence-corrected chi connectivity index (χ1v) is 11.2. The molecular formula is C24H28ClN3O3. The summed E-state index contributed by atoms with van der Waals surface area (Å²) in [4.78, 5) is 29.8. The maximum absolute atomic E-state index is 13.0. The normalized spacial score (nSPS) is 19.4. The fourth-order valence-electron chi connectivity index (χ4n) is 4.45. The van der Waals surface area contributed by atoms with Crippen LogP contribution >= 0.6 is 11.6 Å². The van der Waals surface area contributed by atoms with Crippen LogP contribution in [0.2, 0.25) is 5.02 Å². The molecule has 6 nitrogen and oxygen atoms in total. The number of nitrogens with one attached hydrogen (secondary N) is 1. The number of anilines is 1. The van der Waals surface area contributed by atoms with E-state index in [2.05, 4.69) is 5.32 Å². The predicted molar refractivity (Wildman–Crippen MR) is 122 cm³/mol. The van der Waals surface area contributed by atoms with Gasteiger partial charge in [-0.2, -0.15) is 0 Å². The second-order valence-corrected chi connectivity index (χ2v) is 8.63. The number of methoxy groups -OCH3 is 1. The smallest absolute Gasteiger partial charge is 0.257 e. The van der Waals surface area contributed by atoms with Crippen molar-refractivity contribution in [3.05, 3.63) is 59.1 Å². The van der Waals surface area contributed by atoms with E-state index in [9.17, 15) is 9.59 Å². The molecule has 2 aromatic rings. The van der Waals surface area contributed by atoms with Crippen molar-refractivity contribution >= 4 is 29.1 Å². The van der Waals surface area contributed by atoms with Crippen molar-refractivity contribution in [1.82, 2.24) is 9.80 Å². The summed E-state index contributed by atoms with van der Waals surface area (Å²) in [6.07, 6.45) is 2.31. The molecule has 2 saturated heterocycles. The summed E-state index contributed by atoms with van der Waals surface area (Å²) in [5.74, 6) is 0.603. The molecule has 164 valence electrons. The second-order valence-electron chi connectivity index (χ2n) is 8.19. The number of para-hydroxylation sites is 1. The van der Waals surface area contributed by atoms with E-state index < -0.39 is 0 Å². The molecule has 2 aliphatic rings. The lowest BCUT2D eigenvalue weighted by atomic mass is 9.94. The summed E-state index contributed by atoms with van der Waals surface area (Å²) in [6.45, 7) is 2.63. The molecule has 0 saturated carbocycles. The third kappa shape index (κ3) is 4.96. The average molecular weight is 442 g/mol. The number of halogens is 1. The number of carbonyl (C=O) groups excluding carboxylic acids is 2. The molecule has 0 bridgehead atoms. The fraction of sp³-hybridized carbons (Fsp3) is 0.417. The van der Waals surface area contributed by atoms with E-state index in [1.54, 1.807) is 30.2 Å². The summed E-state index contributed by atoms with van der Waals surface area (Å²) in [6, 6.07) is 15.4. The average Bonchev–Trinajstić information content (AvgIpc) is 3.27. The first-order chi connectivity index (χ1) is 15.0. The molecule has 1 unspecified atom stereocenters. The Morgan fingerprint density at radius 1 is 1.00 bits per heavy atom. The van der Waals surface area contributed by atoms with E-state index in [0.29, 0.717) is 42.3 Å². The summed E-state index contributed by atoms with van der Waals surface area (Å²) < 4.78 is 5.32. The van der Waals surface area contributed by atoms with Crippen LogP contribution in [0.15, 0.2) is 48.5 Å². The molecule has 2 aliphatic heterocycles. The van der Waals surface area contributed by atoms with Gasteiger partial charge in [-0.05, 0) is 49.6 Å². The lowest BCUT2D eigenvalue weighted by molar-refractivity contribution is -0.135. The van der Waals surface area contributed by atoms with Crippen molar-refractivity contribution in [3.63, 3.8) is 0 Å². The zero-order valence-electron chi connectivity index (χ0n) is 17.7. The van der Waals surface area contributed by atoms with Gasteiger partial charge in [0.05, 0.1) is 12.7 Å². The van der Waals surface area contributed by atoms with Crippen LogP contribution in [0, 0.1) is 5.92 Å². The summed E-state index contributed by atoms with van der Waals surface area (Å²) >= 11 is 6.08. The highest BCUT2D eigenvalue weighted by atomic mass is 35.5. The highest BCUT2D eigenvalue weighted by Crippen LogP contribution is 2.28. The Bertz CT molecular complexity index is 929. The molecule has 0 aliphatic carbocycles. The topological polar surface area (TPSA) is 61.9 Å². The lowest BCUT2D eigenvalue weighted by Crippen LogP contribution is -2.44. The molecule has 4 rings (SSSR count). The standard InChI is InChI=1S/C24H28ClN3O3/c1-31-22-8-7-18(25)15-21(22)24(30)27-12-9-17(10-13-27)23(29)28-14-11-20(16-28)26-19-5-3-2-4-6-19/h2-8,15,17,20,26H,9-14,16H2,1H3. The Hall–Kier alpha value is -2.73. The van der Waals surface area contributed by atoms with Crippen LogP contribution in [0.25, 0.3) is 0 Å². The molecule has 1 N–H and O–H groups in total. The number of piperidine rings is 1. The molecule has 0 radical (unpaired) electrons. The Balaban J connectivity index is 1.30. The minimum absolute atomic E-state index is 0.0271. The molecular weight excluding hydrogens is 414 g/mol. The SMILES string of the molecule is COc1ccc(Cl)cc1C(=O)N1CCC(C(=O)N2CCC(Nc3ccccc3)C2)CC1. The molecule has 31 heavy (non-hydrogen) atoms. The van der Waals surface area contributed by atoms with Crippen molar-refractivity contribution in [2.75, 3.05) is 38.6 Å². The van der Waals surface area contributed by atoms with Crippen LogP contribution in [0.4, 0.5) is 5.69 Å². The monoisotopic (exact) mass is 441 g/mol. The van der Waals surface area contributed by atoms with Gasteiger partial charge in [-0.25, -0.2) is 0 Å². The maximum Gasteiger partial charge on any atom is 0.257 e. The van der Waals surface area contributed by atoms with Gasteiger partial charge in [0.2, 0.25) is 5.91 Å². The number of nitrogens with zero attached hydrogens (tertiary/aromatic N) is 2. The van der Waals surface area contributed by atoms with Crippen LogP contribution in [0.3, 0.4) is 0 Å². The number of amides is 2. The van der Waals surface area contributed by atoms with Crippen molar-refractivity contribution in [2.45, 2.75) is 25.3 Å². The van der Waals surface area contributed by atoms with Crippen molar-refractivity contribution in [1.29, 1.82) is 0 Å². The number of carbonyl (C=O) groups is 2. The number of ether oxygens (including phenoxy) is 1. The van der Waals surface area contributed by atoms with Crippen LogP contribution in [-0.2, 0) is 4.79 Å². The molecule has 1 atom stereocenters. The molecule has 2 fully saturated rings. The first-order valence-electron chi connectivity index (χ1n) is 10.8. The second kappa shape index (κ2) is 9.60. The van der Waals surface area contributed by atoms with E-state index in [1.807, 2.05) is 35.2 Å². The summed E-state index contributed by atoms with van der Waals surface area (Å²) in [5.41, 5.74) is 1.55. The quantitative estimate of drug-likeness (QED) is 0.764. The molecule has 2 heterocycles. The Labute approximate surface area is 188 Å². The number of hydrogen-bond donors (Lipinski definition) is 1. The van der Waals surface area contributed by atoms with Gasteiger partial charge in [-0.1, -0.05) is 29.8 Å². The largest absolute Gasteiger partial charge is 0.496 e.